The fourth-order valence-corrected chi connectivity index (χ4v) is 3.20. The Morgan fingerprint density at radius 2 is 2.14 bits per heavy atom. The summed E-state index contributed by atoms with van der Waals surface area (Å²) in [5.74, 6) is 0.778. The van der Waals surface area contributed by atoms with Gasteiger partial charge in [0.2, 0.25) is 0 Å². The lowest BCUT2D eigenvalue weighted by molar-refractivity contribution is 0.394. The molecule has 21 heavy (non-hydrogen) atoms. The van der Waals surface area contributed by atoms with Crippen molar-refractivity contribution in [2.24, 2.45) is 5.92 Å². The first-order valence-electron chi connectivity index (χ1n) is 7.81. The van der Waals surface area contributed by atoms with Crippen LogP contribution in [0.4, 0.5) is 0 Å². The van der Waals surface area contributed by atoms with Crippen molar-refractivity contribution >= 4 is 0 Å². The van der Waals surface area contributed by atoms with E-state index in [4.69, 9.17) is 0 Å². The van der Waals surface area contributed by atoms with Gasteiger partial charge in [0, 0.05) is 25.0 Å². The van der Waals surface area contributed by atoms with Gasteiger partial charge in [-0.15, -0.1) is 0 Å². The number of nitrogens with zero attached hydrogens (tertiary/aromatic N) is 4. The fraction of sp³-hybridized carbons (Fsp3) is 0.529. The second kappa shape index (κ2) is 5.98. The maximum Gasteiger partial charge on any atom is 0.0885 e. The summed E-state index contributed by atoms with van der Waals surface area (Å²) in [7, 11) is 2.21. The Labute approximate surface area is 126 Å². The average molecular weight is 284 g/mol. The Balaban J connectivity index is 1.81. The van der Waals surface area contributed by atoms with Gasteiger partial charge in [0.25, 0.3) is 0 Å². The van der Waals surface area contributed by atoms with Crippen molar-refractivity contribution in [2.45, 2.75) is 32.7 Å². The molecular weight excluding hydrogens is 260 g/mol. The molecule has 2 aromatic heterocycles. The van der Waals surface area contributed by atoms with E-state index in [1.54, 1.807) is 0 Å². The normalized spacial score (nSPS) is 19.5. The first-order chi connectivity index (χ1) is 10.1. The van der Waals surface area contributed by atoms with Crippen molar-refractivity contribution in [3.63, 3.8) is 0 Å². The molecule has 1 fully saturated rings. The second-order valence-electron chi connectivity index (χ2n) is 6.43. The van der Waals surface area contributed by atoms with Crippen LogP contribution in [0.15, 0.2) is 30.6 Å². The van der Waals surface area contributed by atoms with E-state index >= 15 is 0 Å². The molecule has 2 aromatic rings. The van der Waals surface area contributed by atoms with Gasteiger partial charge in [-0.25, -0.2) is 0 Å². The van der Waals surface area contributed by atoms with E-state index in [0.29, 0.717) is 6.04 Å². The molecule has 1 aliphatic rings. The summed E-state index contributed by atoms with van der Waals surface area (Å²) in [6.45, 7) is 6.73. The summed E-state index contributed by atoms with van der Waals surface area (Å²) in [5.41, 5.74) is 3.53. The van der Waals surface area contributed by atoms with E-state index in [-0.39, 0.29) is 0 Å². The van der Waals surface area contributed by atoms with Crippen molar-refractivity contribution < 1.29 is 0 Å². The number of aromatic nitrogens is 3. The minimum atomic E-state index is 0.351. The SMILES string of the molecule is CC(C)n1nccc1-c1cc(CC2CCN(C)C2)ccn1. The Morgan fingerprint density at radius 1 is 1.29 bits per heavy atom. The van der Waals surface area contributed by atoms with Crippen LogP contribution >= 0.6 is 0 Å². The summed E-state index contributed by atoms with van der Waals surface area (Å²) < 4.78 is 2.04. The molecule has 3 heterocycles. The van der Waals surface area contributed by atoms with E-state index in [2.05, 4.69) is 54.1 Å². The van der Waals surface area contributed by atoms with Gasteiger partial charge in [0.15, 0.2) is 0 Å². The highest BCUT2D eigenvalue weighted by molar-refractivity contribution is 5.55. The Bertz CT molecular complexity index is 602. The van der Waals surface area contributed by atoms with Crippen molar-refractivity contribution in [1.82, 2.24) is 19.7 Å². The van der Waals surface area contributed by atoms with Crippen LogP contribution in [0.2, 0.25) is 0 Å². The molecule has 0 aromatic carbocycles. The maximum atomic E-state index is 4.54. The zero-order chi connectivity index (χ0) is 14.8. The van der Waals surface area contributed by atoms with Gasteiger partial charge in [-0.05, 0) is 70.0 Å². The molecular formula is C17H24N4. The van der Waals surface area contributed by atoms with E-state index in [1.807, 2.05) is 17.1 Å². The zero-order valence-corrected chi connectivity index (χ0v) is 13.2. The molecule has 0 amide bonds. The Kier molecular flexibility index (Phi) is 4.06. The molecule has 3 rings (SSSR count). The van der Waals surface area contributed by atoms with E-state index in [1.165, 1.54) is 25.1 Å². The monoisotopic (exact) mass is 284 g/mol. The molecule has 1 aliphatic heterocycles. The third-order valence-electron chi connectivity index (χ3n) is 4.26. The van der Waals surface area contributed by atoms with Gasteiger partial charge in [-0.3, -0.25) is 9.67 Å². The quantitative estimate of drug-likeness (QED) is 0.865. The highest BCUT2D eigenvalue weighted by atomic mass is 15.3. The zero-order valence-electron chi connectivity index (χ0n) is 13.2. The van der Waals surface area contributed by atoms with E-state index in [0.717, 1.165) is 23.7 Å². The summed E-state index contributed by atoms with van der Waals surface area (Å²) in [4.78, 5) is 6.96. The molecule has 4 heteroatoms. The third kappa shape index (κ3) is 3.16. The predicted molar refractivity (Wildman–Crippen MR) is 85.2 cm³/mol. The van der Waals surface area contributed by atoms with E-state index < -0.39 is 0 Å². The predicted octanol–water partition coefficient (Wildman–Crippen LogP) is 3.02. The van der Waals surface area contributed by atoms with Crippen LogP contribution in [0.3, 0.4) is 0 Å². The molecule has 1 saturated heterocycles. The molecule has 112 valence electrons. The minimum absolute atomic E-state index is 0.351. The van der Waals surface area contributed by atoms with Gasteiger partial charge < -0.3 is 4.90 Å². The second-order valence-corrected chi connectivity index (χ2v) is 6.43. The van der Waals surface area contributed by atoms with Crippen molar-refractivity contribution in [3.8, 4) is 11.4 Å². The van der Waals surface area contributed by atoms with Crippen LogP contribution in [-0.2, 0) is 6.42 Å². The highest BCUT2D eigenvalue weighted by Gasteiger charge is 2.20. The molecule has 0 bridgehead atoms. The molecule has 0 saturated carbocycles. The minimum Gasteiger partial charge on any atom is -0.306 e. The standard InChI is InChI=1S/C17H24N4/c1-13(2)21-17(5-8-19-21)16-11-14(4-7-18-16)10-15-6-9-20(3)12-15/h4-5,7-8,11,13,15H,6,9-10,12H2,1-3H3. The summed E-state index contributed by atoms with van der Waals surface area (Å²) in [6.07, 6.45) is 6.24. The van der Waals surface area contributed by atoms with E-state index in [9.17, 15) is 0 Å². The third-order valence-corrected chi connectivity index (χ3v) is 4.26. The van der Waals surface area contributed by atoms with Crippen LogP contribution in [0, 0.1) is 5.92 Å². The number of likely N-dealkylation sites (tertiary alicyclic amines) is 1. The number of hydrogen-bond acceptors (Lipinski definition) is 3. The summed E-state index contributed by atoms with van der Waals surface area (Å²) >= 11 is 0. The number of hydrogen-bond donors (Lipinski definition) is 0. The molecule has 0 N–H and O–H groups in total. The first-order valence-corrected chi connectivity index (χ1v) is 7.81. The summed E-state index contributed by atoms with van der Waals surface area (Å²) in [6, 6.07) is 6.78. The maximum absolute atomic E-state index is 4.54. The van der Waals surface area contributed by atoms with Gasteiger partial charge in [-0.1, -0.05) is 0 Å². The molecule has 0 aliphatic carbocycles. The van der Waals surface area contributed by atoms with Crippen LogP contribution in [0.25, 0.3) is 11.4 Å². The molecule has 1 atom stereocenters. The fourth-order valence-electron chi connectivity index (χ4n) is 3.20. The Morgan fingerprint density at radius 3 is 2.86 bits per heavy atom. The number of pyridine rings is 1. The van der Waals surface area contributed by atoms with Crippen molar-refractivity contribution in [2.75, 3.05) is 20.1 Å². The van der Waals surface area contributed by atoms with Crippen molar-refractivity contribution in [3.05, 3.63) is 36.2 Å². The molecule has 0 radical (unpaired) electrons. The lowest BCUT2D eigenvalue weighted by atomic mass is 9.98. The first kappa shape index (κ1) is 14.3. The molecule has 4 nitrogen and oxygen atoms in total. The lowest BCUT2D eigenvalue weighted by Gasteiger charge is -2.13. The molecule has 1 unspecified atom stereocenters. The average Bonchev–Trinajstić information content (AvgIpc) is 3.08. The largest absolute Gasteiger partial charge is 0.306 e. The topological polar surface area (TPSA) is 34.0 Å². The Hall–Kier alpha value is -1.68. The summed E-state index contributed by atoms with van der Waals surface area (Å²) in [5, 5.41) is 4.40. The number of rotatable bonds is 4. The highest BCUT2D eigenvalue weighted by Crippen LogP contribution is 2.24. The van der Waals surface area contributed by atoms with Crippen LogP contribution < -0.4 is 0 Å². The smallest absolute Gasteiger partial charge is 0.0885 e. The van der Waals surface area contributed by atoms with Crippen LogP contribution in [-0.4, -0.2) is 39.8 Å². The van der Waals surface area contributed by atoms with Gasteiger partial charge in [0.05, 0.1) is 11.4 Å². The van der Waals surface area contributed by atoms with Gasteiger partial charge in [0.1, 0.15) is 0 Å². The van der Waals surface area contributed by atoms with Crippen LogP contribution in [0.1, 0.15) is 31.9 Å². The lowest BCUT2D eigenvalue weighted by Crippen LogP contribution is -2.15. The van der Waals surface area contributed by atoms with Gasteiger partial charge in [-0.2, -0.15) is 5.10 Å². The van der Waals surface area contributed by atoms with Crippen molar-refractivity contribution in [1.29, 1.82) is 0 Å². The van der Waals surface area contributed by atoms with Gasteiger partial charge >= 0.3 is 0 Å². The molecule has 0 spiro atoms. The van der Waals surface area contributed by atoms with Crippen LogP contribution in [0.5, 0.6) is 0 Å².